The van der Waals surface area contributed by atoms with Gasteiger partial charge < -0.3 is 9.84 Å². The standard InChI is InChI=1S/C20H16ClN5O2S/c1-12-24-18(26-28-12)14-8-15(10-22-9-14)19(27)23-7-6-17-11-29-20(25-17)13-2-4-16(21)5-3-13/h2-5,8-11H,6-7H2,1H3,(H,23,27). The Balaban J connectivity index is 1.35. The Morgan fingerprint density at radius 2 is 2.00 bits per heavy atom. The van der Waals surface area contributed by atoms with Crippen LogP contribution in [-0.2, 0) is 6.42 Å². The fourth-order valence-corrected chi connectivity index (χ4v) is 3.64. The second-order valence-corrected chi connectivity index (χ2v) is 7.55. The predicted octanol–water partition coefficient (Wildman–Crippen LogP) is 4.19. The molecule has 0 aliphatic rings. The van der Waals surface area contributed by atoms with Gasteiger partial charge in [0.1, 0.15) is 5.01 Å². The number of nitrogens with zero attached hydrogens (tertiary/aromatic N) is 4. The average molecular weight is 426 g/mol. The minimum Gasteiger partial charge on any atom is -0.352 e. The molecule has 0 saturated heterocycles. The van der Waals surface area contributed by atoms with Gasteiger partial charge in [-0.2, -0.15) is 4.98 Å². The number of benzene rings is 1. The molecule has 146 valence electrons. The van der Waals surface area contributed by atoms with Gasteiger partial charge in [-0.15, -0.1) is 11.3 Å². The first-order valence-electron chi connectivity index (χ1n) is 8.83. The number of carbonyl (C=O) groups is 1. The molecule has 3 heterocycles. The summed E-state index contributed by atoms with van der Waals surface area (Å²) in [5.41, 5.74) is 3.01. The highest BCUT2D eigenvalue weighted by Gasteiger charge is 2.12. The number of aromatic nitrogens is 4. The van der Waals surface area contributed by atoms with E-state index in [9.17, 15) is 4.79 Å². The number of hydrogen-bond acceptors (Lipinski definition) is 7. The van der Waals surface area contributed by atoms with E-state index in [2.05, 4.69) is 25.4 Å². The molecule has 0 bridgehead atoms. The Morgan fingerprint density at radius 3 is 2.76 bits per heavy atom. The number of carbonyl (C=O) groups excluding carboxylic acids is 1. The van der Waals surface area contributed by atoms with E-state index in [0.29, 0.717) is 40.8 Å². The summed E-state index contributed by atoms with van der Waals surface area (Å²) in [7, 11) is 0. The summed E-state index contributed by atoms with van der Waals surface area (Å²) >= 11 is 7.49. The lowest BCUT2D eigenvalue weighted by molar-refractivity contribution is 0.0953. The summed E-state index contributed by atoms with van der Waals surface area (Å²) < 4.78 is 4.97. The van der Waals surface area contributed by atoms with E-state index in [1.165, 1.54) is 6.20 Å². The van der Waals surface area contributed by atoms with Crippen LogP contribution in [0.4, 0.5) is 0 Å². The molecule has 0 fully saturated rings. The quantitative estimate of drug-likeness (QED) is 0.497. The highest BCUT2D eigenvalue weighted by atomic mass is 35.5. The van der Waals surface area contributed by atoms with Crippen molar-refractivity contribution in [2.24, 2.45) is 0 Å². The van der Waals surface area contributed by atoms with Crippen molar-refractivity contribution in [3.05, 3.63) is 70.3 Å². The van der Waals surface area contributed by atoms with Crippen LogP contribution in [0.2, 0.25) is 5.02 Å². The zero-order valence-corrected chi connectivity index (χ0v) is 17.0. The van der Waals surface area contributed by atoms with Crippen molar-refractivity contribution < 1.29 is 9.32 Å². The molecule has 0 atom stereocenters. The van der Waals surface area contributed by atoms with Crippen LogP contribution in [0, 0.1) is 6.92 Å². The van der Waals surface area contributed by atoms with E-state index in [1.54, 1.807) is 30.5 Å². The number of amides is 1. The Kier molecular flexibility index (Phi) is 5.64. The van der Waals surface area contributed by atoms with E-state index in [0.717, 1.165) is 16.3 Å². The van der Waals surface area contributed by atoms with Gasteiger partial charge in [-0.1, -0.05) is 28.9 Å². The molecule has 1 aromatic carbocycles. The maximum atomic E-state index is 12.4. The zero-order valence-electron chi connectivity index (χ0n) is 15.4. The lowest BCUT2D eigenvalue weighted by Gasteiger charge is -2.04. The van der Waals surface area contributed by atoms with Crippen LogP contribution in [-0.4, -0.2) is 32.6 Å². The SMILES string of the molecule is Cc1nc(-c2cncc(C(=O)NCCc3csc(-c4ccc(Cl)cc4)n3)c2)no1. The fourth-order valence-electron chi connectivity index (χ4n) is 2.66. The Labute approximate surface area is 175 Å². The number of rotatable bonds is 6. The normalized spacial score (nSPS) is 10.8. The van der Waals surface area contributed by atoms with Gasteiger partial charge in [-0.25, -0.2) is 4.98 Å². The molecule has 0 saturated carbocycles. The van der Waals surface area contributed by atoms with Crippen LogP contribution in [0.5, 0.6) is 0 Å². The van der Waals surface area contributed by atoms with Crippen LogP contribution in [0.25, 0.3) is 22.0 Å². The van der Waals surface area contributed by atoms with Crippen molar-refractivity contribution in [1.82, 2.24) is 25.4 Å². The van der Waals surface area contributed by atoms with Gasteiger partial charge in [-0.05, 0) is 18.2 Å². The first-order valence-corrected chi connectivity index (χ1v) is 10.1. The van der Waals surface area contributed by atoms with Gasteiger partial charge in [0, 0.05) is 53.8 Å². The number of hydrogen-bond donors (Lipinski definition) is 1. The van der Waals surface area contributed by atoms with Crippen LogP contribution >= 0.6 is 22.9 Å². The fraction of sp³-hybridized carbons (Fsp3) is 0.150. The molecule has 9 heteroatoms. The number of thiazole rings is 1. The minimum absolute atomic E-state index is 0.215. The van der Waals surface area contributed by atoms with Crippen molar-refractivity contribution in [2.75, 3.05) is 6.54 Å². The molecule has 3 aromatic heterocycles. The highest BCUT2D eigenvalue weighted by molar-refractivity contribution is 7.13. The second kappa shape index (κ2) is 8.50. The predicted molar refractivity (Wildman–Crippen MR) is 111 cm³/mol. The summed E-state index contributed by atoms with van der Waals surface area (Å²) in [6.45, 7) is 2.17. The smallest absolute Gasteiger partial charge is 0.252 e. The minimum atomic E-state index is -0.215. The molecule has 0 aliphatic carbocycles. The molecule has 1 amide bonds. The summed E-state index contributed by atoms with van der Waals surface area (Å²) in [5, 5.41) is 10.4. The number of halogens is 1. The molecule has 1 N–H and O–H groups in total. The topological polar surface area (TPSA) is 93.8 Å². The van der Waals surface area contributed by atoms with Gasteiger partial charge in [0.05, 0.1) is 11.3 Å². The second-order valence-electron chi connectivity index (χ2n) is 6.26. The average Bonchev–Trinajstić information content (AvgIpc) is 3.38. The van der Waals surface area contributed by atoms with Crippen molar-refractivity contribution in [3.63, 3.8) is 0 Å². The summed E-state index contributed by atoms with van der Waals surface area (Å²) in [6.07, 6.45) is 3.73. The van der Waals surface area contributed by atoms with E-state index in [-0.39, 0.29) is 5.91 Å². The Morgan fingerprint density at radius 1 is 1.17 bits per heavy atom. The van der Waals surface area contributed by atoms with E-state index in [1.807, 2.05) is 29.6 Å². The number of aryl methyl sites for hydroxylation is 1. The third-order valence-corrected chi connectivity index (χ3v) is 5.29. The van der Waals surface area contributed by atoms with Gasteiger partial charge in [-0.3, -0.25) is 9.78 Å². The maximum absolute atomic E-state index is 12.4. The van der Waals surface area contributed by atoms with Crippen LogP contribution < -0.4 is 5.32 Å². The van der Waals surface area contributed by atoms with Crippen molar-refractivity contribution in [1.29, 1.82) is 0 Å². The molecule has 0 radical (unpaired) electrons. The monoisotopic (exact) mass is 425 g/mol. The van der Waals surface area contributed by atoms with E-state index >= 15 is 0 Å². The molecule has 29 heavy (non-hydrogen) atoms. The summed E-state index contributed by atoms with van der Waals surface area (Å²) in [5.74, 6) is 0.644. The maximum Gasteiger partial charge on any atom is 0.252 e. The van der Waals surface area contributed by atoms with Crippen LogP contribution in [0.1, 0.15) is 21.9 Å². The molecule has 0 aliphatic heterocycles. The van der Waals surface area contributed by atoms with Gasteiger partial charge in [0.2, 0.25) is 11.7 Å². The number of pyridine rings is 1. The summed E-state index contributed by atoms with van der Waals surface area (Å²) in [4.78, 5) is 25.3. The number of nitrogens with one attached hydrogen (secondary N) is 1. The molecular weight excluding hydrogens is 410 g/mol. The van der Waals surface area contributed by atoms with Gasteiger partial charge in [0.15, 0.2) is 0 Å². The molecule has 7 nitrogen and oxygen atoms in total. The zero-order chi connectivity index (χ0) is 20.2. The van der Waals surface area contributed by atoms with Crippen molar-refractivity contribution in [3.8, 4) is 22.0 Å². The highest BCUT2D eigenvalue weighted by Crippen LogP contribution is 2.25. The van der Waals surface area contributed by atoms with Gasteiger partial charge >= 0.3 is 0 Å². The van der Waals surface area contributed by atoms with Crippen molar-refractivity contribution in [2.45, 2.75) is 13.3 Å². The Bertz CT molecular complexity index is 1140. The lowest BCUT2D eigenvalue weighted by atomic mass is 10.2. The molecule has 4 aromatic rings. The third-order valence-electron chi connectivity index (χ3n) is 4.10. The molecule has 4 rings (SSSR count). The first-order chi connectivity index (χ1) is 14.1. The largest absolute Gasteiger partial charge is 0.352 e. The molecule has 0 spiro atoms. The van der Waals surface area contributed by atoms with Crippen molar-refractivity contribution >= 4 is 28.8 Å². The third kappa shape index (κ3) is 4.67. The van der Waals surface area contributed by atoms with Crippen LogP contribution in [0.15, 0.2) is 52.6 Å². The summed E-state index contributed by atoms with van der Waals surface area (Å²) in [6, 6.07) is 9.26. The van der Waals surface area contributed by atoms with E-state index < -0.39 is 0 Å². The lowest BCUT2D eigenvalue weighted by Crippen LogP contribution is -2.25. The molecule has 0 unspecified atom stereocenters. The van der Waals surface area contributed by atoms with Gasteiger partial charge in [0.25, 0.3) is 5.91 Å². The van der Waals surface area contributed by atoms with Crippen LogP contribution in [0.3, 0.4) is 0 Å². The van der Waals surface area contributed by atoms with E-state index in [4.69, 9.17) is 16.1 Å². The molecular formula is C20H16ClN5O2S. The first kappa shape index (κ1) is 19.2. The Hall–Kier alpha value is -3.10.